The van der Waals surface area contributed by atoms with Gasteiger partial charge in [0.05, 0.1) is 24.4 Å². The molecule has 1 aliphatic carbocycles. The molecule has 2 heterocycles. The number of carbonyl (C=O) groups is 1. The summed E-state index contributed by atoms with van der Waals surface area (Å²) in [6, 6.07) is 1.90. The second kappa shape index (κ2) is 6.55. The highest BCUT2D eigenvalue weighted by Crippen LogP contribution is 2.35. The molecule has 2 fully saturated rings. The third kappa shape index (κ3) is 3.70. The summed E-state index contributed by atoms with van der Waals surface area (Å²) in [6.07, 6.45) is 6.07. The Morgan fingerprint density at radius 3 is 2.73 bits per heavy atom. The van der Waals surface area contributed by atoms with Gasteiger partial charge in [-0.25, -0.2) is 4.98 Å². The number of aromatic nitrogens is 1. The van der Waals surface area contributed by atoms with E-state index in [9.17, 15) is 4.79 Å². The van der Waals surface area contributed by atoms with E-state index in [1.807, 2.05) is 12.3 Å². The van der Waals surface area contributed by atoms with Gasteiger partial charge in [-0.15, -0.1) is 0 Å². The summed E-state index contributed by atoms with van der Waals surface area (Å²) in [7, 11) is 0. The zero-order valence-electron chi connectivity index (χ0n) is 13.4. The first-order valence-electron chi connectivity index (χ1n) is 8.23. The fourth-order valence-corrected chi connectivity index (χ4v) is 2.51. The summed E-state index contributed by atoms with van der Waals surface area (Å²) in [5, 5.41) is 0. The van der Waals surface area contributed by atoms with Gasteiger partial charge in [-0.05, 0) is 31.6 Å². The summed E-state index contributed by atoms with van der Waals surface area (Å²) in [4.78, 5) is 18.6. The molecule has 0 aromatic carbocycles. The van der Waals surface area contributed by atoms with Gasteiger partial charge in [0.1, 0.15) is 0 Å². The average molecular weight is 304 g/mol. The summed E-state index contributed by atoms with van der Waals surface area (Å²) in [5.41, 5.74) is 1.01. The van der Waals surface area contributed by atoms with Crippen molar-refractivity contribution in [1.29, 1.82) is 0 Å². The molecule has 22 heavy (non-hydrogen) atoms. The molecule has 0 spiro atoms. The Balaban J connectivity index is 1.78. The fourth-order valence-electron chi connectivity index (χ4n) is 2.51. The third-order valence-electron chi connectivity index (χ3n) is 3.95. The van der Waals surface area contributed by atoms with Crippen LogP contribution in [0.2, 0.25) is 0 Å². The molecule has 0 atom stereocenters. The minimum atomic E-state index is -0.158. The Labute approximate surface area is 131 Å². The van der Waals surface area contributed by atoms with Crippen LogP contribution < -0.4 is 14.4 Å². The molecule has 1 aliphatic heterocycles. The second-order valence-corrected chi connectivity index (χ2v) is 6.59. The van der Waals surface area contributed by atoms with Crippen LogP contribution in [0.15, 0.2) is 12.3 Å². The first-order chi connectivity index (χ1) is 10.6. The molecule has 5 heteroatoms. The first kappa shape index (κ1) is 15.1. The lowest BCUT2D eigenvalue weighted by Gasteiger charge is -2.19. The van der Waals surface area contributed by atoms with Crippen molar-refractivity contribution in [2.75, 3.05) is 24.6 Å². The number of carbonyl (C=O) groups excluding carboxylic acids is 1. The summed E-state index contributed by atoms with van der Waals surface area (Å²) in [6.45, 7) is 6.78. The SMILES string of the molecule is CC(C)COc1ncc(N2CCCC2)cc1OC(=O)C1CC1. The zero-order valence-corrected chi connectivity index (χ0v) is 13.4. The van der Waals surface area contributed by atoms with Crippen molar-refractivity contribution < 1.29 is 14.3 Å². The topological polar surface area (TPSA) is 51.7 Å². The molecule has 5 nitrogen and oxygen atoms in total. The molecule has 1 aromatic heterocycles. The quantitative estimate of drug-likeness (QED) is 0.756. The highest BCUT2D eigenvalue weighted by atomic mass is 16.6. The second-order valence-electron chi connectivity index (χ2n) is 6.59. The fraction of sp³-hybridized carbons (Fsp3) is 0.647. The largest absolute Gasteiger partial charge is 0.475 e. The van der Waals surface area contributed by atoms with E-state index in [-0.39, 0.29) is 11.9 Å². The molecule has 3 rings (SSSR count). The van der Waals surface area contributed by atoms with Crippen LogP contribution in [0.1, 0.15) is 39.5 Å². The standard InChI is InChI=1S/C17H24N2O3/c1-12(2)11-21-16-15(22-17(20)13-5-6-13)9-14(10-18-16)19-7-3-4-8-19/h9-10,12-13H,3-8,11H2,1-2H3. The van der Waals surface area contributed by atoms with E-state index in [2.05, 4.69) is 23.7 Å². The Kier molecular flexibility index (Phi) is 4.50. The van der Waals surface area contributed by atoms with Crippen molar-refractivity contribution in [2.45, 2.75) is 39.5 Å². The monoisotopic (exact) mass is 304 g/mol. The number of ether oxygens (including phenoxy) is 2. The number of anilines is 1. The molecular formula is C17H24N2O3. The van der Waals surface area contributed by atoms with Crippen LogP contribution in [0, 0.1) is 11.8 Å². The summed E-state index contributed by atoms with van der Waals surface area (Å²) < 4.78 is 11.3. The molecule has 2 aliphatic rings. The Hall–Kier alpha value is -1.78. The van der Waals surface area contributed by atoms with Gasteiger partial charge < -0.3 is 14.4 Å². The summed E-state index contributed by atoms with van der Waals surface area (Å²) >= 11 is 0. The van der Waals surface area contributed by atoms with Crippen molar-refractivity contribution in [3.63, 3.8) is 0 Å². The maximum Gasteiger partial charge on any atom is 0.314 e. The van der Waals surface area contributed by atoms with Crippen molar-refractivity contribution in [3.05, 3.63) is 12.3 Å². The Bertz CT molecular complexity index is 535. The minimum absolute atomic E-state index is 0.0633. The van der Waals surface area contributed by atoms with Gasteiger partial charge in [-0.3, -0.25) is 4.79 Å². The number of esters is 1. The first-order valence-corrected chi connectivity index (χ1v) is 8.23. The van der Waals surface area contributed by atoms with E-state index in [1.165, 1.54) is 12.8 Å². The van der Waals surface area contributed by atoms with Crippen LogP contribution in [0.25, 0.3) is 0 Å². The molecular weight excluding hydrogens is 280 g/mol. The average Bonchev–Trinajstić information content (AvgIpc) is 3.21. The lowest BCUT2D eigenvalue weighted by molar-refractivity contribution is -0.135. The molecule has 0 amide bonds. The van der Waals surface area contributed by atoms with Crippen LogP contribution in [-0.4, -0.2) is 30.6 Å². The van der Waals surface area contributed by atoms with Gasteiger partial charge in [0, 0.05) is 19.2 Å². The third-order valence-corrected chi connectivity index (χ3v) is 3.95. The molecule has 1 saturated carbocycles. The maximum atomic E-state index is 12.0. The van der Waals surface area contributed by atoms with Crippen LogP contribution in [0.5, 0.6) is 11.6 Å². The zero-order chi connectivity index (χ0) is 15.5. The van der Waals surface area contributed by atoms with Crippen LogP contribution in [0.4, 0.5) is 5.69 Å². The Morgan fingerprint density at radius 1 is 1.36 bits per heavy atom. The van der Waals surface area contributed by atoms with Gasteiger partial charge in [0.25, 0.3) is 5.88 Å². The van der Waals surface area contributed by atoms with E-state index in [4.69, 9.17) is 9.47 Å². The van der Waals surface area contributed by atoms with E-state index < -0.39 is 0 Å². The number of rotatable bonds is 6. The molecule has 0 unspecified atom stereocenters. The van der Waals surface area contributed by atoms with Crippen molar-refractivity contribution in [2.24, 2.45) is 11.8 Å². The number of pyridine rings is 1. The van der Waals surface area contributed by atoms with E-state index in [0.717, 1.165) is 31.6 Å². The van der Waals surface area contributed by atoms with E-state index in [0.29, 0.717) is 24.2 Å². The minimum Gasteiger partial charge on any atom is -0.475 e. The van der Waals surface area contributed by atoms with Gasteiger partial charge in [-0.1, -0.05) is 13.8 Å². The van der Waals surface area contributed by atoms with Gasteiger partial charge in [0.2, 0.25) is 0 Å². The highest BCUT2D eigenvalue weighted by Gasteiger charge is 2.32. The normalized spacial score (nSPS) is 17.9. The highest BCUT2D eigenvalue weighted by molar-refractivity contribution is 5.78. The lowest BCUT2D eigenvalue weighted by Crippen LogP contribution is -2.19. The van der Waals surface area contributed by atoms with Crippen molar-refractivity contribution in [1.82, 2.24) is 4.98 Å². The number of hydrogen-bond donors (Lipinski definition) is 0. The molecule has 0 N–H and O–H groups in total. The van der Waals surface area contributed by atoms with Crippen molar-refractivity contribution >= 4 is 11.7 Å². The predicted molar refractivity (Wildman–Crippen MR) is 84.4 cm³/mol. The molecule has 0 bridgehead atoms. The van der Waals surface area contributed by atoms with E-state index in [1.54, 1.807) is 0 Å². The smallest absolute Gasteiger partial charge is 0.314 e. The number of hydrogen-bond acceptors (Lipinski definition) is 5. The van der Waals surface area contributed by atoms with Crippen LogP contribution in [-0.2, 0) is 4.79 Å². The van der Waals surface area contributed by atoms with E-state index >= 15 is 0 Å². The lowest BCUT2D eigenvalue weighted by atomic mass is 10.2. The van der Waals surface area contributed by atoms with Crippen molar-refractivity contribution in [3.8, 4) is 11.6 Å². The predicted octanol–water partition coefficient (Wildman–Crippen LogP) is 3.03. The molecule has 0 radical (unpaired) electrons. The van der Waals surface area contributed by atoms with Gasteiger partial charge in [0.15, 0.2) is 5.75 Å². The molecule has 120 valence electrons. The summed E-state index contributed by atoms with van der Waals surface area (Å²) in [5.74, 6) is 1.18. The maximum absolute atomic E-state index is 12.0. The van der Waals surface area contributed by atoms with Gasteiger partial charge >= 0.3 is 5.97 Å². The Morgan fingerprint density at radius 2 is 2.09 bits per heavy atom. The molecule has 1 saturated heterocycles. The number of nitrogens with zero attached hydrogens (tertiary/aromatic N) is 2. The van der Waals surface area contributed by atoms with Gasteiger partial charge in [-0.2, -0.15) is 0 Å². The van der Waals surface area contributed by atoms with Crippen LogP contribution >= 0.6 is 0 Å². The van der Waals surface area contributed by atoms with Crippen LogP contribution in [0.3, 0.4) is 0 Å². The molecule has 1 aromatic rings.